The summed E-state index contributed by atoms with van der Waals surface area (Å²) in [5.41, 5.74) is 0.349. The SMILES string of the molecule is CC[C@H]1C[C@H]2CCC[C@](CO)(C2)C1. The van der Waals surface area contributed by atoms with E-state index in [-0.39, 0.29) is 0 Å². The van der Waals surface area contributed by atoms with Crippen molar-refractivity contribution in [3.05, 3.63) is 0 Å². The van der Waals surface area contributed by atoms with Gasteiger partial charge in [0.15, 0.2) is 0 Å². The van der Waals surface area contributed by atoms with Gasteiger partial charge in [0, 0.05) is 6.61 Å². The van der Waals surface area contributed by atoms with Crippen LogP contribution < -0.4 is 0 Å². The zero-order valence-corrected chi connectivity index (χ0v) is 8.76. The van der Waals surface area contributed by atoms with Gasteiger partial charge in [-0.25, -0.2) is 0 Å². The lowest BCUT2D eigenvalue weighted by atomic mass is 9.59. The van der Waals surface area contributed by atoms with Gasteiger partial charge in [0.05, 0.1) is 0 Å². The lowest BCUT2D eigenvalue weighted by molar-refractivity contribution is -0.00860. The fourth-order valence-corrected chi connectivity index (χ4v) is 3.66. The zero-order chi connectivity index (χ0) is 9.31. The minimum Gasteiger partial charge on any atom is -0.396 e. The van der Waals surface area contributed by atoms with Gasteiger partial charge in [0.2, 0.25) is 0 Å². The molecule has 2 fully saturated rings. The maximum Gasteiger partial charge on any atom is 0.0487 e. The number of hydrogen-bond acceptors (Lipinski definition) is 1. The molecule has 0 aromatic rings. The molecule has 0 aromatic heterocycles. The van der Waals surface area contributed by atoms with Crippen molar-refractivity contribution in [1.29, 1.82) is 0 Å². The molecule has 0 aromatic carbocycles. The summed E-state index contributed by atoms with van der Waals surface area (Å²) in [6, 6.07) is 0. The van der Waals surface area contributed by atoms with E-state index in [1.165, 1.54) is 44.9 Å². The van der Waals surface area contributed by atoms with E-state index in [1.807, 2.05) is 0 Å². The first-order chi connectivity index (χ1) is 6.28. The standard InChI is InChI=1S/C12H22O/c1-2-10-6-11-4-3-5-12(7-10,8-11)9-13/h10-11,13H,2-9H2,1H3/t10-,11+,12+/m0/s1. The summed E-state index contributed by atoms with van der Waals surface area (Å²) in [5.74, 6) is 1.85. The van der Waals surface area contributed by atoms with Gasteiger partial charge in [-0.3, -0.25) is 0 Å². The first-order valence-corrected chi connectivity index (χ1v) is 5.89. The molecule has 2 bridgehead atoms. The third-order valence-corrected chi connectivity index (χ3v) is 4.34. The van der Waals surface area contributed by atoms with Crippen molar-refractivity contribution in [2.75, 3.05) is 6.61 Å². The molecule has 2 rings (SSSR count). The van der Waals surface area contributed by atoms with Crippen molar-refractivity contribution in [2.24, 2.45) is 17.3 Å². The van der Waals surface area contributed by atoms with Gasteiger partial charge in [-0.05, 0) is 42.9 Å². The van der Waals surface area contributed by atoms with E-state index in [2.05, 4.69) is 6.92 Å². The molecule has 0 unspecified atom stereocenters. The molecule has 2 aliphatic rings. The predicted octanol–water partition coefficient (Wildman–Crippen LogP) is 2.98. The first-order valence-electron chi connectivity index (χ1n) is 5.89. The van der Waals surface area contributed by atoms with Crippen LogP contribution in [-0.2, 0) is 0 Å². The Balaban J connectivity index is 2.08. The molecule has 1 heteroatoms. The highest BCUT2D eigenvalue weighted by molar-refractivity contribution is 4.92. The second-order valence-electron chi connectivity index (χ2n) is 5.33. The van der Waals surface area contributed by atoms with Crippen LogP contribution in [0.15, 0.2) is 0 Å². The second kappa shape index (κ2) is 3.61. The average molecular weight is 182 g/mol. The highest BCUT2D eigenvalue weighted by atomic mass is 16.3. The normalized spacial score (nSPS) is 44.8. The topological polar surface area (TPSA) is 20.2 Å². The van der Waals surface area contributed by atoms with Crippen molar-refractivity contribution in [3.63, 3.8) is 0 Å². The second-order valence-corrected chi connectivity index (χ2v) is 5.33. The van der Waals surface area contributed by atoms with Gasteiger partial charge in [-0.2, -0.15) is 0 Å². The van der Waals surface area contributed by atoms with Crippen LogP contribution in [0, 0.1) is 17.3 Å². The van der Waals surface area contributed by atoms with Crippen LogP contribution in [0.1, 0.15) is 51.9 Å². The predicted molar refractivity (Wildman–Crippen MR) is 54.5 cm³/mol. The van der Waals surface area contributed by atoms with E-state index in [4.69, 9.17) is 0 Å². The number of hydrogen-bond donors (Lipinski definition) is 1. The molecule has 0 saturated heterocycles. The molecule has 2 saturated carbocycles. The van der Waals surface area contributed by atoms with Gasteiger partial charge in [-0.1, -0.05) is 26.2 Å². The molecule has 0 spiro atoms. The summed E-state index contributed by atoms with van der Waals surface area (Å²) in [6.07, 6.45) is 9.46. The lowest BCUT2D eigenvalue weighted by Gasteiger charge is -2.47. The summed E-state index contributed by atoms with van der Waals surface area (Å²) in [5, 5.41) is 9.51. The van der Waals surface area contributed by atoms with Crippen molar-refractivity contribution in [2.45, 2.75) is 51.9 Å². The molecule has 0 aliphatic heterocycles. The van der Waals surface area contributed by atoms with Gasteiger partial charge >= 0.3 is 0 Å². The zero-order valence-electron chi connectivity index (χ0n) is 8.76. The number of fused-ring (bicyclic) bond motifs is 2. The van der Waals surface area contributed by atoms with Crippen LogP contribution in [0.3, 0.4) is 0 Å². The van der Waals surface area contributed by atoms with E-state index >= 15 is 0 Å². The van der Waals surface area contributed by atoms with Crippen molar-refractivity contribution < 1.29 is 5.11 Å². The minimum atomic E-state index is 0.349. The maximum absolute atomic E-state index is 9.51. The molecule has 2 aliphatic carbocycles. The van der Waals surface area contributed by atoms with Crippen molar-refractivity contribution in [3.8, 4) is 0 Å². The van der Waals surface area contributed by atoms with Crippen LogP contribution in [0.2, 0.25) is 0 Å². The number of aliphatic hydroxyl groups excluding tert-OH is 1. The Bertz CT molecular complexity index is 178. The van der Waals surface area contributed by atoms with Crippen molar-refractivity contribution in [1.82, 2.24) is 0 Å². The van der Waals surface area contributed by atoms with E-state index in [1.54, 1.807) is 0 Å². The molecule has 0 amide bonds. The van der Waals surface area contributed by atoms with Gasteiger partial charge in [0.1, 0.15) is 0 Å². The summed E-state index contributed by atoms with van der Waals surface area (Å²) < 4.78 is 0. The molecular weight excluding hydrogens is 160 g/mol. The molecule has 76 valence electrons. The Labute approximate surface area is 81.5 Å². The van der Waals surface area contributed by atoms with Crippen LogP contribution >= 0.6 is 0 Å². The van der Waals surface area contributed by atoms with E-state index in [0.29, 0.717) is 12.0 Å². The molecule has 13 heavy (non-hydrogen) atoms. The third kappa shape index (κ3) is 1.76. The Kier molecular flexibility index (Phi) is 2.64. The van der Waals surface area contributed by atoms with Gasteiger partial charge < -0.3 is 5.11 Å². The third-order valence-electron chi connectivity index (χ3n) is 4.34. The average Bonchev–Trinajstić information content (AvgIpc) is 2.17. The van der Waals surface area contributed by atoms with Crippen LogP contribution in [0.5, 0.6) is 0 Å². The van der Waals surface area contributed by atoms with E-state index in [0.717, 1.165) is 11.8 Å². The number of aliphatic hydroxyl groups is 1. The van der Waals surface area contributed by atoms with Crippen LogP contribution in [0.25, 0.3) is 0 Å². The quantitative estimate of drug-likeness (QED) is 0.696. The molecule has 1 N–H and O–H groups in total. The highest BCUT2D eigenvalue weighted by Crippen LogP contribution is 2.51. The summed E-state index contributed by atoms with van der Waals surface area (Å²) in [7, 11) is 0. The summed E-state index contributed by atoms with van der Waals surface area (Å²) in [4.78, 5) is 0. The summed E-state index contributed by atoms with van der Waals surface area (Å²) >= 11 is 0. The fourth-order valence-electron chi connectivity index (χ4n) is 3.66. The van der Waals surface area contributed by atoms with Crippen molar-refractivity contribution >= 4 is 0 Å². The highest BCUT2D eigenvalue weighted by Gasteiger charge is 2.41. The Morgan fingerprint density at radius 1 is 1.38 bits per heavy atom. The number of rotatable bonds is 2. The fraction of sp³-hybridized carbons (Fsp3) is 1.00. The first kappa shape index (κ1) is 9.51. The largest absolute Gasteiger partial charge is 0.396 e. The smallest absolute Gasteiger partial charge is 0.0487 e. The monoisotopic (exact) mass is 182 g/mol. The van der Waals surface area contributed by atoms with E-state index in [9.17, 15) is 5.11 Å². The molecule has 0 radical (unpaired) electrons. The molecule has 1 nitrogen and oxygen atoms in total. The minimum absolute atomic E-state index is 0.349. The Hall–Kier alpha value is -0.0400. The van der Waals surface area contributed by atoms with Crippen LogP contribution in [0.4, 0.5) is 0 Å². The maximum atomic E-state index is 9.51. The molecule has 3 atom stereocenters. The van der Waals surface area contributed by atoms with Crippen LogP contribution in [-0.4, -0.2) is 11.7 Å². The lowest BCUT2D eigenvalue weighted by Crippen LogP contribution is -2.39. The Morgan fingerprint density at radius 2 is 2.23 bits per heavy atom. The molecule has 0 heterocycles. The van der Waals surface area contributed by atoms with Gasteiger partial charge in [0.25, 0.3) is 0 Å². The van der Waals surface area contributed by atoms with Gasteiger partial charge in [-0.15, -0.1) is 0 Å². The molecular formula is C12H22O. The summed E-state index contributed by atoms with van der Waals surface area (Å²) in [6.45, 7) is 2.75. The Morgan fingerprint density at radius 3 is 2.92 bits per heavy atom. The van der Waals surface area contributed by atoms with E-state index < -0.39 is 0 Å².